The molecule has 4 rings (SSSR count). The monoisotopic (exact) mass is 372 g/mol. The molecule has 0 aromatic carbocycles. The van der Waals surface area contributed by atoms with Crippen molar-refractivity contribution < 1.29 is 9.63 Å². The molecule has 0 saturated heterocycles. The van der Waals surface area contributed by atoms with Crippen LogP contribution in [0, 0.1) is 34.5 Å². The smallest absolute Gasteiger partial charge is 0.139 e. The SMILES string of the molecule is C=C1CC2CC(=NOCC(C)N)CC[C@]2(C)[C@H]2CC[C@]3(C)C(=O)CC[C@H]3[C@H]12. The zero-order chi connectivity index (χ0) is 19.4. The van der Waals surface area contributed by atoms with Crippen LogP contribution in [0.5, 0.6) is 0 Å². The molecule has 27 heavy (non-hydrogen) atoms. The van der Waals surface area contributed by atoms with Crippen LogP contribution in [0.4, 0.5) is 0 Å². The highest BCUT2D eigenvalue weighted by molar-refractivity contribution is 5.87. The third-order valence-corrected chi connectivity index (χ3v) is 8.70. The van der Waals surface area contributed by atoms with Crippen molar-refractivity contribution in [2.24, 2.45) is 45.4 Å². The number of hydrogen-bond donors (Lipinski definition) is 1. The summed E-state index contributed by atoms with van der Waals surface area (Å²) < 4.78 is 0. The molecule has 0 heterocycles. The first-order valence-corrected chi connectivity index (χ1v) is 10.9. The lowest BCUT2D eigenvalue weighted by atomic mass is 9.44. The van der Waals surface area contributed by atoms with E-state index in [-0.39, 0.29) is 11.5 Å². The summed E-state index contributed by atoms with van der Waals surface area (Å²) >= 11 is 0. The molecular formula is C23H36N2O2. The molecule has 0 aromatic heterocycles. The number of hydrogen-bond acceptors (Lipinski definition) is 4. The van der Waals surface area contributed by atoms with E-state index in [2.05, 4.69) is 25.6 Å². The number of nitrogens with zero attached hydrogens (tertiary/aromatic N) is 1. The van der Waals surface area contributed by atoms with Crippen LogP contribution in [0.3, 0.4) is 0 Å². The standard InChI is InChI=1S/C23H36N2O2/c1-14-11-16-12-17(25-27-13-15(2)24)7-9-22(16,3)19-8-10-23(4)18(21(14)19)5-6-20(23)26/h15-16,18-19,21H,1,5-13,24H2,2-4H3/t15?,16?,18-,19-,21-,22-,23-/m0/s1. The zero-order valence-electron chi connectivity index (χ0n) is 17.3. The molecule has 7 atom stereocenters. The van der Waals surface area contributed by atoms with Crippen molar-refractivity contribution in [2.45, 2.75) is 78.2 Å². The van der Waals surface area contributed by atoms with Gasteiger partial charge in [-0.3, -0.25) is 4.79 Å². The van der Waals surface area contributed by atoms with Crippen molar-refractivity contribution in [1.82, 2.24) is 0 Å². The number of carbonyl (C=O) groups is 1. The zero-order valence-corrected chi connectivity index (χ0v) is 17.3. The number of rotatable bonds is 3. The van der Waals surface area contributed by atoms with Crippen LogP contribution in [0.25, 0.3) is 0 Å². The lowest BCUT2D eigenvalue weighted by Gasteiger charge is -2.60. The van der Waals surface area contributed by atoms with Crippen molar-refractivity contribution in [1.29, 1.82) is 0 Å². The average Bonchev–Trinajstić information content (AvgIpc) is 2.91. The summed E-state index contributed by atoms with van der Waals surface area (Å²) in [7, 11) is 0. The summed E-state index contributed by atoms with van der Waals surface area (Å²) in [5.41, 5.74) is 8.63. The van der Waals surface area contributed by atoms with Gasteiger partial charge in [-0.25, -0.2) is 0 Å². The van der Waals surface area contributed by atoms with E-state index in [1.807, 2.05) is 6.92 Å². The Bertz CT molecular complexity index is 669. The van der Waals surface area contributed by atoms with E-state index >= 15 is 0 Å². The van der Waals surface area contributed by atoms with Gasteiger partial charge in [0.25, 0.3) is 0 Å². The number of Topliss-reactive ketones (excluding diaryl/α,β-unsaturated/α-hetero) is 1. The second-order valence-corrected chi connectivity index (χ2v) is 10.4. The fraction of sp³-hybridized carbons (Fsp3) is 0.826. The molecule has 0 bridgehead atoms. The third kappa shape index (κ3) is 2.99. The molecule has 4 aliphatic carbocycles. The second-order valence-electron chi connectivity index (χ2n) is 10.4. The summed E-state index contributed by atoms with van der Waals surface area (Å²) in [6.45, 7) is 11.7. The van der Waals surface area contributed by atoms with Crippen LogP contribution < -0.4 is 5.73 Å². The number of oxime groups is 1. The highest BCUT2D eigenvalue weighted by atomic mass is 16.6. The number of fused-ring (bicyclic) bond motifs is 5. The van der Waals surface area contributed by atoms with E-state index in [9.17, 15) is 4.79 Å². The van der Waals surface area contributed by atoms with Crippen LogP contribution in [0.1, 0.15) is 72.1 Å². The van der Waals surface area contributed by atoms with Crippen LogP contribution >= 0.6 is 0 Å². The summed E-state index contributed by atoms with van der Waals surface area (Å²) in [6.07, 6.45) is 8.45. The molecule has 4 fully saturated rings. The first-order valence-electron chi connectivity index (χ1n) is 10.9. The van der Waals surface area contributed by atoms with Crippen molar-refractivity contribution in [3.63, 3.8) is 0 Å². The maximum atomic E-state index is 12.6. The molecular weight excluding hydrogens is 336 g/mol. The van der Waals surface area contributed by atoms with Gasteiger partial charge in [0.05, 0.1) is 5.71 Å². The first kappa shape index (κ1) is 19.2. The summed E-state index contributed by atoms with van der Waals surface area (Å²) in [4.78, 5) is 18.1. The number of ketones is 1. The molecule has 4 heteroatoms. The van der Waals surface area contributed by atoms with Gasteiger partial charge in [0.2, 0.25) is 0 Å². The third-order valence-electron chi connectivity index (χ3n) is 8.70. The first-order chi connectivity index (χ1) is 12.8. The predicted molar refractivity (Wildman–Crippen MR) is 108 cm³/mol. The van der Waals surface area contributed by atoms with Gasteiger partial charge in [-0.05, 0) is 81.0 Å². The van der Waals surface area contributed by atoms with Gasteiger partial charge in [0.1, 0.15) is 12.4 Å². The van der Waals surface area contributed by atoms with Gasteiger partial charge in [0, 0.05) is 17.9 Å². The molecule has 0 amide bonds. The van der Waals surface area contributed by atoms with E-state index in [0.29, 0.717) is 41.5 Å². The lowest BCUT2D eigenvalue weighted by molar-refractivity contribution is -0.133. The molecule has 2 N–H and O–H groups in total. The van der Waals surface area contributed by atoms with E-state index in [1.54, 1.807) is 0 Å². The van der Waals surface area contributed by atoms with Crippen molar-refractivity contribution in [2.75, 3.05) is 6.61 Å². The van der Waals surface area contributed by atoms with Crippen molar-refractivity contribution >= 4 is 11.5 Å². The summed E-state index contributed by atoms with van der Waals surface area (Å²) in [6, 6.07) is 0.0177. The highest BCUT2D eigenvalue weighted by Gasteiger charge is 2.61. The Kier molecular flexibility index (Phi) is 4.77. The summed E-state index contributed by atoms with van der Waals surface area (Å²) in [5.74, 6) is 2.87. The molecule has 0 aliphatic heterocycles. The maximum Gasteiger partial charge on any atom is 0.139 e. The Morgan fingerprint density at radius 1 is 1.22 bits per heavy atom. The van der Waals surface area contributed by atoms with Crippen LogP contribution in [-0.4, -0.2) is 24.1 Å². The minimum absolute atomic E-state index is 0.0177. The highest BCUT2D eigenvalue weighted by Crippen LogP contribution is 2.66. The van der Waals surface area contributed by atoms with Crippen LogP contribution in [0.2, 0.25) is 0 Å². The minimum Gasteiger partial charge on any atom is -0.394 e. The van der Waals surface area contributed by atoms with E-state index in [0.717, 1.165) is 38.5 Å². The fourth-order valence-corrected chi connectivity index (χ4v) is 7.03. The Morgan fingerprint density at radius 3 is 2.74 bits per heavy atom. The predicted octanol–water partition coefficient (Wildman–Crippen LogP) is 4.48. The molecule has 4 saturated carbocycles. The minimum atomic E-state index is -0.0820. The Morgan fingerprint density at radius 2 is 2.00 bits per heavy atom. The van der Waals surface area contributed by atoms with Gasteiger partial charge in [0.15, 0.2) is 0 Å². The topological polar surface area (TPSA) is 64.7 Å². The van der Waals surface area contributed by atoms with E-state index in [4.69, 9.17) is 10.6 Å². The number of carbonyl (C=O) groups excluding carboxylic acids is 1. The Balaban J connectivity index is 1.54. The molecule has 0 aromatic rings. The van der Waals surface area contributed by atoms with Crippen molar-refractivity contribution in [3.05, 3.63) is 12.2 Å². The number of allylic oxidation sites excluding steroid dienone is 1. The van der Waals surface area contributed by atoms with E-state index < -0.39 is 0 Å². The second kappa shape index (κ2) is 6.72. The quantitative estimate of drug-likeness (QED) is 0.586. The van der Waals surface area contributed by atoms with Crippen LogP contribution in [-0.2, 0) is 9.63 Å². The Hall–Kier alpha value is -1.16. The fourth-order valence-electron chi connectivity index (χ4n) is 7.03. The summed E-state index contributed by atoms with van der Waals surface area (Å²) in [5, 5.41) is 4.41. The largest absolute Gasteiger partial charge is 0.394 e. The van der Waals surface area contributed by atoms with Gasteiger partial charge in [-0.15, -0.1) is 0 Å². The molecule has 4 aliphatic rings. The van der Waals surface area contributed by atoms with Gasteiger partial charge < -0.3 is 10.6 Å². The molecule has 2 unspecified atom stereocenters. The average molecular weight is 373 g/mol. The van der Waals surface area contributed by atoms with Gasteiger partial charge in [-0.1, -0.05) is 31.2 Å². The normalized spacial score (nSPS) is 46.6. The van der Waals surface area contributed by atoms with E-state index in [1.165, 1.54) is 24.1 Å². The Labute approximate surface area is 164 Å². The van der Waals surface area contributed by atoms with Gasteiger partial charge >= 0.3 is 0 Å². The van der Waals surface area contributed by atoms with Crippen LogP contribution in [0.15, 0.2) is 17.3 Å². The molecule has 150 valence electrons. The lowest BCUT2D eigenvalue weighted by Crippen LogP contribution is -2.54. The van der Waals surface area contributed by atoms with Gasteiger partial charge in [-0.2, -0.15) is 0 Å². The maximum absolute atomic E-state index is 12.6. The number of nitrogens with two attached hydrogens (primary N) is 1. The van der Waals surface area contributed by atoms with Crippen molar-refractivity contribution in [3.8, 4) is 0 Å². The molecule has 0 radical (unpaired) electrons. The molecule has 4 nitrogen and oxygen atoms in total. The molecule has 0 spiro atoms.